The fourth-order valence-electron chi connectivity index (χ4n) is 4.01. The number of hydrogen-bond acceptors (Lipinski definition) is 5. The molecule has 0 unspecified atom stereocenters. The average molecular weight is 471 g/mol. The van der Waals surface area contributed by atoms with E-state index in [9.17, 15) is 0 Å². The van der Waals surface area contributed by atoms with Crippen molar-refractivity contribution in [2.45, 2.75) is 25.9 Å². The van der Waals surface area contributed by atoms with Gasteiger partial charge in [0.15, 0.2) is 0 Å². The van der Waals surface area contributed by atoms with Crippen molar-refractivity contribution in [3.63, 3.8) is 0 Å². The SMILES string of the molecule is CNCc1cc(Oc2ccc(N3CCNC(C)(C)C3)nc2)cc(-c2cc(Cl)cc(Cl)c2)c1. The third kappa shape index (κ3) is 5.73. The van der Waals surface area contributed by atoms with Crippen molar-refractivity contribution in [3.8, 4) is 22.6 Å². The zero-order chi connectivity index (χ0) is 22.7. The summed E-state index contributed by atoms with van der Waals surface area (Å²) >= 11 is 12.4. The molecule has 168 valence electrons. The van der Waals surface area contributed by atoms with Gasteiger partial charge in [-0.3, -0.25) is 0 Å². The van der Waals surface area contributed by atoms with E-state index in [1.165, 1.54) is 0 Å². The largest absolute Gasteiger partial charge is 0.456 e. The van der Waals surface area contributed by atoms with Crippen molar-refractivity contribution in [1.82, 2.24) is 15.6 Å². The predicted octanol–water partition coefficient (Wildman–Crippen LogP) is 5.76. The van der Waals surface area contributed by atoms with Crippen LogP contribution >= 0.6 is 23.2 Å². The molecule has 1 aromatic heterocycles. The molecule has 1 fully saturated rings. The molecule has 5 nitrogen and oxygen atoms in total. The molecule has 2 heterocycles. The van der Waals surface area contributed by atoms with Crippen LogP contribution in [0.25, 0.3) is 11.1 Å². The number of nitrogens with zero attached hydrogens (tertiary/aromatic N) is 2. The third-order valence-corrected chi connectivity index (χ3v) is 5.83. The predicted molar refractivity (Wildman–Crippen MR) is 133 cm³/mol. The number of pyridine rings is 1. The lowest BCUT2D eigenvalue weighted by Gasteiger charge is -2.39. The maximum atomic E-state index is 6.22. The second-order valence-corrected chi connectivity index (χ2v) is 9.61. The van der Waals surface area contributed by atoms with E-state index in [-0.39, 0.29) is 5.54 Å². The van der Waals surface area contributed by atoms with Crippen LogP contribution in [0.1, 0.15) is 19.4 Å². The molecule has 0 aliphatic carbocycles. The molecule has 0 amide bonds. The van der Waals surface area contributed by atoms with E-state index in [1.807, 2.05) is 43.4 Å². The van der Waals surface area contributed by atoms with Crippen LogP contribution in [0.15, 0.2) is 54.7 Å². The normalized spacial score (nSPS) is 15.6. The number of hydrogen-bond donors (Lipinski definition) is 2. The molecule has 0 bridgehead atoms. The van der Waals surface area contributed by atoms with E-state index >= 15 is 0 Å². The molecule has 2 N–H and O–H groups in total. The summed E-state index contributed by atoms with van der Waals surface area (Å²) < 4.78 is 6.18. The van der Waals surface area contributed by atoms with Gasteiger partial charge in [0.05, 0.1) is 6.20 Å². The Kier molecular flexibility index (Phi) is 6.91. The Balaban J connectivity index is 1.57. The second-order valence-electron chi connectivity index (χ2n) is 8.74. The van der Waals surface area contributed by atoms with Gasteiger partial charge < -0.3 is 20.3 Å². The molecule has 1 aliphatic heterocycles. The number of piperazine rings is 1. The topological polar surface area (TPSA) is 49.4 Å². The highest BCUT2D eigenvalue weighted by molar-refractivity contribution is 6.35. The minimum absolute atomic E-state index is 0.0719. The Morgan fingerprint density at radius 3 is 2.44 bits per heavy atom. The van der Waals surface area contributed by atoms with Crippen LogP contribution < -0.4 is 20.3 Å². The molecule has 0 saturated carbocycles. The van der Waals surface area contributed by atoms with Gasteiger partial charge in [0.2, 0.25) is 0 Å². The molecule has 0 atom stereocenters. The van der Waals surface area contributed by atoms with Gasteiger partial charge in [0.1, 0.15) is 17.3 Å². The third-order valence-electron chi connectivity index (χ3n) is 5.39. The summed E-state index contributed by atoms with van der Waals surface area (Å²) in [4.78, 5) is 6.95. The average Bonchev–Trinajstić information content (AvgIpc) is 2.73. The molecule has 32 heavy (non-hydrogen) atoms. The van der Waals surface area contributed by atoms with Gasteiger partial charge in [0, 0.05) is 41.8 Å². The molecular formula is C25H28Cl2N4O. The Labute approximate surface area is 199 Å². The van der Waals surface area contributed by atoms with E-state index in [1.54, 1.807) is 12.3 Å². The van der Waals surface area contributed by atoms with Crippen LogP contribution in [0.4, 0.5) is 5.82 Å². The lowest BCUT2D eigenvalue weighted by Crippen LogP contribution is -2.57. The van der Waals surface area contributed by atoms with Crippen molar-refractivity contribution in [2.24, 2.45) is 0 Å². The molecule has 2 aromatic carbocycles. The van der Waals surface area contributed by atoms with Gasteiger partial charge in [0.25, 0.3) is 0 Å². The lowest BCUT2D eigenvalue weighted by atomic mass is 10.0. The van der Waals surface area contributed by atoms with Gasteiger partial charge in [-0.1, -0.05) is 23.2 Å². The summed E-state index contributed by atoms with van der Waals surface area (Å²) in [6.07, 6.45) is 1.78. The van der Waals surface area contributed by atoms with E-state index < -0.39 is 0 Å². The summed E-state index contributed by atoms with van der Waals surface area (Å²) in [5, 5.41) is 7.93. The number of rotatable bonds is 6. The smallest absolute Gasteiger partial charge is 0.145 e. The van der Waals surface area contributed by atoms with E-state index in [0.29, 0.717) is 22.3 Å². The first-order chi connectivity index (χ1) is 15.3. The van der Waals surface area contributed by atoms with Crippen LogP contribution in [0.3, 0.4) is 0 Å². The van der Waals surface area contributed by atoms with Gasteiger partial charge in [-0.15, -0.1) is 0 Å². The van der Waals surface area contributed by atoms with Crippen molar-refractivity contribution < 1.29 is 4.74 Å². The first kappa shape index (κ1) is 22.9. The van der Waals surface area contributed by atoms with E-state index in [0.717, 1.165) is 47.9 Å². The Hall–Kier alpha value is -2.31. The molecule has 0 spiro atoms. The molecule has 7 heteroatoms. The monoisotopic (exact) mass is 470 g/mol. The first-order valence-corrected chi connectivity index (χ1v) is 11.5. The maximum Gasteiger partial charge on any atom is 0.145 e. The number of anilines is 1. The maximum absolute atomic E-state index is 6.22. The van der Waals surface area contributed by atoms with Crippen LogP contribution in [-0.2, 0) is 6.54 Å². The molecule has 1 saturated heterocycles. The number of aromatic nitrogens is 1. The van der Waals surface area contributed by atoms with E-state index in [4.69, 9.17) is 27.9 Å². The lowest BCUT2D eigenvalue weighted by molar-refractivity contribution is 0.351. The summed E-state index contributed by atoms with van der Waals surface area (Å²) in [6.45, 7) is 7.93. The van der Waals surface area contributed by atoms with Gasteiger partial charge in [-0.05, 0) is 86.1 Å². The quantitative estimate of drug-likeness (QED) is 0.479. The van der Waals surface area contributed by atoms with Crippen LogP contribution in [0.5, 0.6) is 11.5 Å². The van der Waals surface area contributed by atoms with Gasteiger partial charge in [-0.25, -0.2) is 4.98 Å². The van der Waals surface area contributed by atoms with Crippen LogP contribution in [-0.4, -0.2) is 37.2 Å². The van der Waals surface area contributed by atoms with Crippen molar-refractivity contribution in [3.05, 3.63) is 70.3 Å². The zero-order valence-corrected chi connectivity index (χ0v) is 20.1. The Morgan fingerprint density at radius 1 is 1.03 bits per heavy atom. The van der Waals surface area contributed by atoms with Gasteiger partial charge in [-0.2, -0.15) is 0 Å². The standard InChI is InChI=1S/C25H28Cl2N4O/c1-25(2)16-31(7-6-30-25)24-5-4-22(15-29-24)32-23-9-17(14-28-3)8-18(12-23)19-10-20(26)13-21(27)11-19/h4-5,8-13,15,28,30H,6-7,14,16H2,1-3H3. The minimum atomic E-state index is 0.0719. The van der Waals surface area contributed by atoms with E-state index in [2.05, 4.69) is 40.4 Å². The number of nitrogens with one attached hydrogen (secondary N) is 2. The fourth-order valence-corrected chi connectivity index (χ4v) is 4.53. The summed E-state index contributed by atoms with van der Waals surface area (Å²) in [5.74, 6) is 2.40. The fraction of sp³-hybridized carbons (Fsp3) is 0.320. The minimum Gasteiger partial charge on any atom is -0.456 e. The molecule has 1 aliphatic rings. The number of ether oxygens (including phenoxy) is 1. The molecule has 0 radical (unpaired) electrons. The highest BCUT2D eigenvalue weighted by atomic mass is 35.5. The van der Waals surface area contributed by atoms with Crippen molar-refractivity contribution in [2.75, 3.05) is 31.6 Å². The highest BCUT2D eigenvalue weighted by Gasteiger charge is 2.26. The van der Waals surface area contributed by atoms with Crippen molar-refractivity contribution in [1.29, 1.82) is 0 Å². The van der Waals surface area contributed by atoms with Crippen molar-refractivity contribution >= 4 is 29.0 Å². The molecule has 3 aromatic rings. The number of halogens is 2. The summed E-state index contributed by atoms with van der Waals surface area (Å²) in [5.41, 5.74) is 3.11. The molecular weight excluding hydrogens is 443 g/mol. The Bertz CT molecular complexity index is 1070. The highest BCUT2D eigenvalue weighted by Crippen LogP contribution is 2.33. The number of benzene rings is 2. The molecule has 4 rings (SSSR count). The zero-order valence-electron chi connectivity index (χ0n) is 18.6. The van der Waals surface area contributed by atoms with Crippen LogP contribution in [0, 0.1) is 0 Å². The second kappa shape index (κ2) is 9.67. The summed E-state index contributed by atoms with van der Waals surface area (Å²) in [7, 11) is 1.92. The van der Waals surface area contributed by atoms with Crippen LogP contribution in [0.2, 0.25) is 10.0 Å². The summed E-state index contributed by atoms with van der Waals surface area (Å²) in [6, 6.07) is 15.7. The first-order valence-electron chi connectivity index (χ1n) is 10.7. The Morgan fingerprint density at radius 2 is 1.78 bits per heavy atom. The van der Waals surface area contributed by atoms with Gasteiger partial charge >= 0.3 is 0 Å².